The Labute approximate surface area is 229 Å². The van der Waals surface area contributed by atoms with Gasteiger partial charge in [-0.2, -0.15) is 0 Å². The summed E-state index contributed by atoms with van der Waals surface area (Å²) in [5.41, 5.74) is 1.65. The molecule has 6 rings (SSSR count). The first-order valence-corrected chi connectivity index (χ1v) is 12.3. The van der Waals surface area contributed by atoms with Gasteiger partial charge in [-0.3, -0.25) is 0 Å². The van der Waals surface area contributed by atoms with Crippen LogP contribution in [0.1, 0.15) is 22.3 Å². The molecule has 38 heavy (non-hydrogen) atoms. The number of carbonyl (C=O) groups is 2. The lowest BCUT2D eigenvalue weighted by molar-refractivity contribution is -0.159. The molecule has 6 nitrogen and oxygen atoms in total. The lowest BCUT2D eigenvalue weighted by atomic mass is 9.91. The summed E-state index contributed by atoms with van der Waals surface area (Å²) in [5, 5.41) is 22.6. The summed E-state index contributed by atoms with van der Waals surface area (Å²) in [7, 11) is 2.51. The minimum absolute atomic E-state index is 0.466. The van der Waals surface area contributed by atoms with E-state index in [1.165, 1.54) is 14.2 Å². The monoisotopic (exact) mass is 548 g/mol. The van der Waals surface area contributed by atoms with E-state index >= 15 is 0 Å². The van der Waals surface area contributed by atoms with Crippen molar-refractivity contribution in [2.75, 3.05) is 14.2 Å². The van der Waals surface area contributed by atoms with Crippen molar-refractivity contribution in [3.8, 4) is 22.3 Å². The fourth-order valence-corrected chi connectivity index (χ4v) is 5.54. The second kappa shape index (κ2) is 9.57. The number of methoxy groups -OCH3 is 2. The third kappa shape index (κ3) is 3.72. The van der Waals surface area contributed by atoms with Crippen LogP contribution in [0, 0.1) is 0 Å². The van der Waals surface area contributed by atoms with Crippen molar-refractivity contribution in [2.24, 2.45) is 0 Å². The summed E-state index contributed by atoms with van der Waals surface area (Å²) in [5.74, 6) is -1.41. The van der Waals surface area contributed by atoms with Crippen LogP contribution < -0.4 is 0 Å². The highest BCUT2D eigenvalue weighted by Gasteiger charge is 2.50. The zero-order valence-corrected chi connectivity index (χ0v) is 21.9. The predicted molar refractivity (Wildman–Crippen MR) is 144 cm³/mol. The van der Waals surface area contributed by atoms with Crippen LogP contribution in [0.2, 0.25) is 10.0 Å². The highest BCUT2D eigenvalue weighted by molar-refractivity contribution is 6.31. The molecule has 2 atom stereocenters. The molecule has 2 N–H and O–H groups in total. The molecule has 2 unspecified atom stereocenters. The quantitative estimate of drug-likeness (QED) is 0.323. The van der Waals surface area contributed by atoms with E-state index in [2.05, 4.69) is 0 Å². The van der Waals surface area contributed by atoms with Gasteiger partial charge in [0.15, 0.2) is 0 Å². The van der Waals surface area contributed by atoms with Gasteiger partial charge >= 0.3 is 11.9 Å². The zero-order valence-electron chi connectivity index (χ0n) is 20.4. The van der Waals surface area contributed by atoms with Crippen LogP contribution in [0.25, 0.3) is 22.3 Å². The molecule has 0 aliphatic heterocycles. The summed E-state index contributed by atoms with van der Waals surface area (Å²) >= 11 is 12.0. The van der Waals surface area contributed by atoms with Gasteiger partial charge in [0.05, 0.1) is 14.2 Å². The first-order valence-electron chi connectivity index (χ1n) is 11.6. The Morgan fingerprint density at radius 1 is 0.579 bits per heavy atom. The predicted octanol–water partition coefficient (Wildman–Crippen LogP) is 5.46. The second-order valence-electron chi connectivity index (χ2n) is 8.87. The van der Waals surface area contributed by atoms with Gasteiger partial charge in [0.2, 0.25) is 11.2 Å². The van der Waals surface area contributed by atoms with Crippen molar-refractivity contribution in [2.45, 2.75) is 11.2 Å². The molecule has 0 saturated heterocycles. The molecule has 0 heterocycles. The number of rotatable bonds is 2. The Morgan fingerprint density at radius 2 is 0.921 bits per heavy atom. The minimum Gasteiger partial charge on any atom is -0.466 e. The van der Waals surface area contributed by atoms with Gasteiger partial charge in [0.1, 0.15) is 0 Å². The molecule has 2 aliphatic carbocycles. The summed E-state index contributed by atoms with van der Waals surface area (Å²) < 4.78 is 9.52. The van der Waals surface area contributed by atoms with E-state index < -0.39 is 23.1 Å². The van der Waals surface area contributed by atoms with Gasteiger partial charge in [-0.15, -0.1) is 0 Å². The van der Waals surface area contributed by atoms with Crippen LogP contribution in [0.4, 0.5) is 0 Å². The Balaban J connectivity index is 0.000000155. The van der Waals surface area contributed by atoms with Crippen LogP contribution in [0.5, 0.6) is 0 Å². The smallest absolute Gasteiger partial charge is 0.347 e. The van der Waals surface area contributed by atoms with E-state index in [1.54, 1.807) is 60.7 Å². The van der Waals surface area contributed by atoms with E-state index in [0.717, 1.165) is 22.3 Å². The molecule has 2 aliphatic rings. The standard InChI is InChI=1S/2C15H11ClO3/c2*1-19-14(17)15(18)12-5-3-2-4-10(12)11-7-6-9(16)8-13(11)15/h2*2-8,18H,1H3. The number of fused-ring (bicyclic) bond motifs is 6. The first-order chi connectivity index (χ1) is 18.2. The Bertz CT molecular complexity index is 1480. The van der Waals surface area contributed by atoms with E-state index in [1.807, 2.05) is 24.3 Å². The fraction of sp³-hybridized carbons (Fsp3) is 0.133. The lowest BCUT2D eigenvalue weighted by Crippen LogP contribution is -2.36. The average Bonchev–Trinajstić information content (AvgIpc) is 3.35. The molecule has 0 aromatic heterocycles. The van der Waals surface area contributed by atoms with Crippen LogP contribution in [0.3, 0.4) is 0 Å². The summed E-state index contributed by atoms with van der Waals surface area (Å²) in [6.07, 6.45) is 0. The van der Waals surface area contributed by atoms with Gasteiger partial charge in [0, 0.05) is 32.3 Å². The zero-order chi connectivity index (χ0) is 27.2. The molecule has 0 saturated carbocycles. The fourth-order valence-electron chi connectivity index (χ4n) is 5.19. The van der Waals surface area contributed by atoms with E-state index in [-0.39, 0.29) is 0 Å². The van der Waals surface area contributed by atoms with Gasteiger partial charge in [-0.25, -0.2) is 9.59 Å². The number of hydrogen-bond donors (Lipinski definition) is 2. The average molecular weight is 549 g/mol. The Morgan fingerprint density at radius 3 is 1.29 bits per heavy atom. The maximum absolute atomic E-state index is 12.1. The Hall–Kier alpha value is -3.68. The van der Waals surface area contributed by atoms with Crippen molar-refractivity contribution in [3.05, 3.63) is 117 Å². The molecular weight excluding hydrogens is 527 g/mol. The maximum Gasteiger partial charge on any atom is 0.347 e. The molecular formula is C30H22Cl2O6. The number of aliphatic hydroxyl groups is 2. The van der Waals surface area contributed by atoms with E-state index in [0.29, 0.717) is 32.3 Å². The summed E-state index contributed by atoms with van der Waals surface area (Å²) in [6.45, 7) is 0. The van der Waals surface area contributed by atoms with Crippen molar-refractivity contribution in [3.63, 3.8) is 0 Å². The van der Waals surface area contributed by atoms with Gasteiger partial charge in [-0.05, 0) is 46.5 Å². The van der Waals surface area contributed by atoms with Gasteiger partial charge < -0.3 is 19.7 Å². The third-order valence-corrected chi connectivity index (χ3v) is 7.39. The van der Waals surface area contributed by atoms with Gasteiger partial charge in [-0.1, -0.05) is 83.9 Å². The summed E-state index contributed by atoms with van der Waals surface area (Å²) in [6, 6.07) is 24.7. The lowest BCUT2D eigenvalue weighted by Gasteiger charge is -2.22. The number of hydrogen-bond acceptors (Lipinski definition) is 6. The van der Waals surface area contributed by atoms with Crippen molar-refractivity contribution in [1.82, 2.24) is 0 Å². The SMILES string of the molecule is COC(=O)C1(O)c2ccccc2-c2ccc(Cl)cc21.COC(=O)C1(O)c2ccccc2-c2ccc(Cl)cc21. The Kier molecular flexibility index (Phi) is 6.53. The van der Waals surface area contributed by atoms with Crippen molar-refractivity contribution < 1.29 is 29.3 Å². The molecule has 0 radical (unpaired) electrons. The highest BCUT2D eigenvalue weighted by Crippen LogP contribution is 2.49. The third-order valence-electron chi connectivity index (χ3n) is 6.92. The molecule has 4 aromatic carbocycles. The maximum atomic E-state index is 12.1. The molecule has 4 aromatic rings. The van der Waals surface area contributed by atoms with E-state index in [9.17, 15) is 19.8 Å². The van der Waals surface area contributed by atoms with Crippen molar-refractivity contribution >= 4 is 35.1 Å². The molecule has 0 amide bonds. The number of carbonyl (C=O) groups excluding carboxylic acids is 2. The molecule has 192 valence electrons. The molecule has 8 heteroatoms. The second-order valence-corrected chi connectivity index (χ2v) is 9.75. The van der Waals surface area contributed by atoms with E-state index in [4.69, 9.17) is 32.7 Å². The van der Waals surface area contributed by atoms with Crippen LogP contribution in [-0.4, -0.2) is 36.4 Å². The number of esters is 2. The highest BCUT2D eigenvalue weighted by atomic mass is 35.5. The minimum atomic E-state index is -1.79. The topological polar surface area (TPSA) is 93.1 Å². The number of benzene rings is 4. The normalized spacial score (nSPS) is 19.7. The molecule has 0 bridgehead atoms. The van der Waals surface area contributed by atoms with Crippen LogP contribution in [-0.2, 0) is 30.3 Å². The first kappa shape index (κ1) is 25.9. The number of ether oxygens (including phenoxy) is 2. The largest absolute Gasteiger partial charge is 0.466 e. The molecule has 0 fully saturated rings. The van der Waals surface area contributed by atoms with Crippen LogP contribution >= 0.6 is 23.2 Å². The van der Waals surface area contributed by atoms with Gasteiger partial charge in [0.25, 0.3) is 0 Å². The molecule has 0 spiro atoms. The van der Waals surface area contributed by atoms with Crippen LogP contribution in [0.15, 0.2) is 84.9 Å². The van der Waals surface area contributed by atoms with Crippen molar-refractivity contribution in [1.29, 1.82) is 0 Å². The number of halogens is 2. The summed E-state index contributed by atoms with van der Waals surface area (Å²) in [4.78, 5) is 24.1.